The normalized spacial score (nSPS) is 33.0. The highest BCUT2D eigenvalue weighted by atomic mass is 16.6. The van der Waals surface area contributed by atoms with Gasteiger partial charge in [0.25, 0.3) is 0 Å². The molecule has 2 bridgehead atoms. The van der Waals surface area contributed by atoms with Gasteiger partial charge >= 0.3 is 6.09 Å². The third kappa shape index (κ3) is 3.72. The number of hydrogen-bond donors (Lipinski definition) is 3. The van der Waals surface area contributed by atoms with Crippen LogP contribution in [0.25, 0.3) is 0 Å². The molecule has 1 aromatic carbocycles. The van der Waals surface area contributed by atoms with Crippen molar-refractivity contribution >= 4 is 12.0 Å². The Balaban J connectivity index is 1.15. The van der Waals surface area contributed by atoms with Gasteiger partial charge in [0.2, 0.25) is 5.91 Å². The quantitative estimate of drug-likeness (QED) is 0.547. The molecule has 3 aliphatic heterocycles. The van der Waals surface area contributed by atoms with Gasteiger partial charge in [-0.3, -0.25) is 10.2 Å². The molecule has 2 aliphatic carbocycles. The van der Waals surface area contributed by atoms with E-state index in [2.05, 4.69) is 28.8 Å². The number of benzene rings is 1. The molecule has 0 saturated carbocycles. The molecule has 1 spiro atoms. The fourth-order valence-corrected chi connectivity index (χ4v) is 6.96. The van der Waals surface area contributed by atoms with Gasteiger partial charge in [0.1, 0.15) is 12.2 Å². The summed E-state index contributed by atoms with van der Waals surface area (Å²) in [7, 11) is 2.17. The van der Waals surface area contributed by atoms with Crippen LogP contribution in [0, 0.1) is 5.92 Å². The topological polar surface area (TPSA) is 103 Å². The van der Waals surface area contributed by atoms with E-state index in [0.717, 1.165) is 50.9 Å². The molecule has 35 heavy (non-hydrogen) atoms. The lowest BCUT2D eigenvalue weighted by atomic mass is 9.53. The van der Waals surface area contributed by atoms with Crippen molar-refractivity contribution in [3.05, 3.63) is 35.4 Å². The number of piperidine rings is 2. The van der Waals surface area contributed by atoms with Crippen molar-refractivity contribution < 1.29 is 24.2 Å². The van der Waals surface area contributed by atoms with E-state index in [1.54, 1.807) is 6.07 Å². The number of nitrogens with one attached hydrogen (secondary N) is 2. The van der Waals surface area contributed by atoms with E-state index >= 15 is 0 Å². The fourth-order valence-electron chi connectivity index (χ4n) is 6.96. The molecule has 2 unspecified atom stereocenters. The van der Waals surface area contributed by atoms with E-state index in [1.807, 2.05) is 17.2 Å². The number of ether oxygens (including phenoxy) is 2. The van der Waals surface area contributed by atoms with Gasteiger partial charge in [0, 0.05) is 49.0 Å². The van der Waals surface area contributed by atoms with Gasteiger partial charge in [0.15, 0.2) is 11.5 Å². The molecule has 188 valence electrons. The zero-order valence-electron chi connectivity index (χ0n) is 20.2. The molecule has 9 heteroatoms. The highest BCUT2D eigenvalue weighted by molar-refractivity contribution is 5.77. The van der Waals surface area contributed by atoms with Crippen LogP contribution in [0.5, 0.6) is 11.5 Å². The fraction of sp³-hybridized carbons (Fsp3) is 0.615. The third-order valence-electron chi connectivity index (χ3n) is 8.60. The predicted molar refractivity (Wildman–Crippen MR) is 128 cm³/mol. The van der Waals surface area contributed by atoms with Crippen molar-refractivity contribution in [3.63, 3.8) is 0 Å². The second-order valence-electron chi connectivity index (χ2n) is 10.6. The third-order valence-corrected chi connectivity index (χ3v) is 8.60. The summed E-state index contributed by atoms with van der Waals surface area (Å²) in [5, 5.41) is 15.5. The number of hydrogen-bond acceptors (Lipinski definition) is 7. The van der Waals surface area contributed by atoms with Gasteiger partial charge in [-0.25, -0.2) is 9.80 Å². The average Bonchev–Trinajstić information content (AvgIpc) is 3.20. The number of likely N-dealkylation sites (N-methyl/N-ethyl adjacent to an activating group) is 1. The van der Waals surface area contributed by atoms with E-state index in [9.17, 15) is 14.7 Å². The predicted octanol–water partition coefficient (Wildman–Crippen LogP) is 1.49. The lowest BCUT2D eigenvalue weighted by Crippen LogP contribution is -2.64. The maximum atomic E-state index is 12.6. The van der Waals surface area contributed by atoms with Crippen LogP contribution < -0.4 is 20.2 Å². The van der Waals surface area contributed by atoms with Crippen molar-refractivity contribution in [3.8, 4) is 11.5 Å². The average molecular weight is 483 g/mol. The first-order chi connectivity index (χ1) is 17.0. The SMILES string of the molecule is CN1CC[C@]23c4c5ccc(OC(=O)NCCC(=O)NN6CCCCC6)c4O[C@H]2[C@@H](O)C=CC3C1C5. The summed E-state index contributed by atoms with van der Waals surface area (Å²) in [6, 6.07) is 4.19. The number of carbonyl (C=O) groups is 2. The Morgan fingerprint density at radius 2 is 2.03 bits per heavy atom. The van der Waals surface area contributed by atoms with Crippen molar-refractivity contribution in [2.24, 2.45) is 5.92 Å². The number of aliphatic hydroxyl groups excluding tert-OH is 1. The molecular weight excluding hydrogens is 448 g/mol. The molecular formula is C26H34N4O5. The van der Waals surface area contributed by atoms with Crippen LogP contribution >= 0.6 is 0 Å². The smallest absolute Gasteiger partial charge is 0.412 e. The Labute approximate surface area is 205 Å². The Morgan fingerprint density at radius 1 is 1.20 bits per heavy atom. The van der Waals surface area contributed by atoms with Gasteiger partial charge in [0.05, 0.1) is 0 Å². The summed E-state index contributed by atoms with van der Waals surface area (Å²) in [5.41, 5.74) is 4.91. The highest BCUT2D eigenvalue weighted by Crippen LogP contribution is 2.62. The summed E-state index contributed by atoms with van der Waals surface area (Å²) in [5.74, 6) is 1.09. The molecule has 9 nitrogen and oxygen atoms in total. The summed E-state index contributed by atoms with van der Waals surface area (Å²) >= 11 is 0. The van der Waals surface area contributed by atoms with Gasteiger partial charge in [-0.1, -0.05) is 24.6 Å². The molecule has 0 aromatic heterocycles. The van der Waals surface area contributed by atoms with Crippen LogP contribution in [0.15, 0.2) is 24.3 Å². The number of likely N-dealkylation sites (tertiary alicyclic amines) is 1. The Bertz CT molecular complexity index is 1050. The lowest BCUT2D eigenvalue weighted by molar-refractivity contribution is -0.126. The zero-order valence-corrected chi connectivity index (χ0v) is 20.2. The van der Waals surface area contributed by atoms with E-state index < -0.39 is 12.2 Å². The first-order valence-electron chi connectivity index (χ1n) is 12.9. The minimum atomic E-state index is -0.700. The number of carbonyl (C=O) groups excluding carboxylic acids is 2. The van der Waals surface area contributed by atoms with E-state index in [1.165, 1.54) is 12.0 Å². The highest BCUT2D eigenvalue weighted by Gasteiger charge is 2.64. The largest absolute Gasteiger partial charge is 0.482 e. The maximum absolute atomic E-state index is 12.6. The van der Waals surface area contributed by atoms with Gasteiger partial charge in [-0.05, 0) is 50.9 Å². The molecule has 3 N–H and O–H groups in total. The minimum absolute atomic E-state index is 0.115. The van der Waals surface area contributed by atoms with Crippen LogP contribution in [0.1, 0.15) is 43.2 Å². The number of aliphatic hydroxyl groups is 1. The molecule has 1 aromatic rings. The molecule has 5 aliphatic rings. The van der Waals surface area contributed by atoms with Gasteiger partial charge in [-0.15, -0.1) is 0 Å². The molecule has 6 rings (SSSR count). The Hall–Kier alpha value is -2.62. The van der Waals surface area contributed by atoms with Crippen molar-refractivity contribution in [1.82, 2.24) is 20.7 Å². The number of hydrazine groups is 1. The summed E-state index contributed by atoms with van der Waals surface area (Å²) in [6.07, 6.45) is 7.67. The lowest BCUT2D eigenvalue weighted by Gasteiger charge is -2.56. The van der Waals surface area contributed by atoms with Crippen LogP contribution in [0.4, 0.5) is 4.79 Å². The Kier molecular flexibility index (Phi) is 5.74. The van der Waals surface area contributed by atoms with Crippen LogP contribution in [-0.2, 0) is 16.6 Å². The van der Waals surface area contributed by atoms with Crippen molar-refractivity contribution in [2.45, 2.75) is 62.2 Å². The summed E-state index contributed by atoms with van der Waals surface area (Å²) < 4.78 is 12.1. The summed E-state index contributed by atoms with van der Waals surface area (Å²) in [6.45, 7) is 2.86. The van der Waals surface area contributed by atoms with Gasteiger partial charge in [-0.2, -0.15) is 0 Å². The molecule has 5 atom stereocenters. The second kappa shape index (κ2) is 8.80. The number of rotatable bonds is 5. The summed E-state index contributed by atoms with van der Waals surface area (Å²) in [4.78, 5) is 27.2. The monoisotopic (exact) mass is 482 g/mol. The molecule has 0 radical (unpaired) electrons. The van der Waals surface area contributed by atoms with Crippen LogP contribution in [-0.4, -0.2) is 78.5 Å². The Morgan fingerprint density at radius 3 is 2.86 bits per heavy atom. The molecule has 3 heterocycles. The van der Waals surface area contributed by atoms with E-state index in [4.69, 9.17) is 9.47 Å². The number of nitrogens with zero attached hydrogens (tertiary/aromatic N) is 2. The van der Waals surface area contributed by atoms with Crippen molar-refractivity contribution in [1.29, 1.82) is 0 Å². The molecule has 2 fully saturated rings. The first kappa shape index (κ1) is 22.8. The maximum Gasteiger partial charge on any atom is 0.412 e. The second-order valence-corrected chi connectivity index (χ2v) is 10.6. The molecule has 2 saturated heterocycles. The van der Waals surface area contributed by atoms with Gasteiger partial charge < -0.3 is 24.8 Å². The minimum Gasteiger partial charge on any atom is -0.482 e. The van der Waals surface area contributed by atoms with Crippen molar-refractivity contribution in [2.75, 3.05) is 33.2 Å². The van der Waals surface area contributed by atoms with E-state index in [-0.39, 0.29) is 36.3 Å². The van der Waals surface area contributed by atoms with Crippen LogP contribution in [0.2, 0.25) is 0 Å². The van der Waals surface area contributed by atoms with Crippen LogP contribution in [0.3, 0.4) is 0 Å². The van der Waals surface area contributed by atoms with E-state index in [0.29, 0.717) is 17.5 Å². The molecule has 2 amide bonds. The number of amides is 2. The first-order valence-corrected chi connectivity index (χ1v) is 12.9. The standard InChI is InChI=1S/C26H34N4O5/c1-29-14-10-26-17-6-7-19(31)24(26)35-23-20(8-5-16(22(23)26)15-18(17)29)34-25(33)27-11-9-21(32)28-30-12-3-2-4-13-30/h5-8,17-19,24,31H,2-4,9-15H2,1H3,(H,27,33)(H,28,32)/t17?,18?,19-,24-,26-/m0/s1. The zero-order chi connectivity index (χ0) is 24.2.